The van der Waals surface area contributed by atoms with E-state index >= 15 is 0 Å². The lowest BCUT2D eigenvalue weighted by atomic mass is 9.78. The minimum atomic E-state index is 0.0807. The fourth-order valence-corrected chi connectivity index (χ4v) is 3.17. The number of halogens is 1. The minimum absolute atomic E-state index is 0.0807. The van der Waals surface area contributed by atoms with Crippen LogP contribution in [0.3, 0.4) is 0 Å². The Morgan fingerprint density at radius 2 is 1.72 bits per heavy atom. The second kappa shape index (κ2) is 4.10. The van der Waals surface area contributed by atoms with Crippen molar-refractivity contribution in [2.75, 3.05) is 0 Å². The van der Waals surface area contributed by atoms with Gasteiger partial charge in [0.05, 0.1) is 0 Å². The molecule has 0 spiro atoms. The zero-order chi connectivity index (χ0) is 12.8. The molecule has 2 aromatic carbocycles. The smallest absolute Gasteiger partial charge is 0.0181 e. The molecule has 18 heavy (non-hydrogen) atoms. The largest absolute Gasteiger partial charge is 0.0619 e. The van der Waals surface area contributed by atoms with E-state index in [0.717, 1.165) is 4.47 Å². The van der Waals surface area contributed by atoms with Crippen molar-refractivity contribution in [1.29, 1.82) is 0 Å². The van der Waals surface area contributed by atoms with E-state index in [1.165, 1.54) is 22.3 Å². The van der Waals surface area contributed by atoms with Crippen molar-refractivity contribution in [3.8, 4) is 0 Å². The summed E-state index contributed by atoms with van der Waals surface area (Å²) in [5.74, 6) is 0. The molecule has 1 heteroatoms. The minimum Gasteiger partial charge on any atom is -0.0619 e. The fourth-order valence-electron chi connectivity index (χ4n) is 2.77. The lowest BCUT2D eigenvalue weighted by molar-refractivity contribution is 0.704. The highest BCUT2D eigenvalue weighted by Gasteiger charge is 2.33. The zero-order valence-corrected chi connectivity index (χ0v) is 12.2. The van der Waals surface area contributed by atoms with Crippen LogP contribution in [0.25, 0.3) is 11.6 Å². The molecule has 1 aliphatic rings. The average Bonchev–Trinajstić information content (AvgIpc) is 2.62. The Hall–Kier alpha value is -1.34. The van der Waals surface area contributed by atoms with E-state index in [2.05, 4.69) is 84.4 Å². The molecule has 2 aromatic rings. The van der Waals surface area contributed by atoms with E-state index in [4.69, 9.17) is 0 Å². The molecule has 0 unspecified atom stereocenters. The van der Waals surface area contributed by atoms with Crippen LogP contribution in [0.2, 0.25) is 0 Å². The number of allylic oxidation sites excluding steroid dienone is 1. The molecule has 0 fully saturated rings. The topological polar surface area (TPSA) is 0 Å². The van der Waals surface area contributed by atoms with Gasteiger partial charge in [-0.15, -0.1) is 0 Å². The molecule has 0 saturated heterocycles. The van der Waals surface area contributed by atoms with Gasteiger partial charge in [-0.3, -0.25) is 0 Å². The monoisotopic (exact) mass is 298 g/mol. The Kier molecular flexibility index (Phi) is 2.67. The summed E-state index contributed by atoms with van der Waals surface area (Å²) in [6, 6.07) is 17.2. The van der Waals surface area contributed by atoms with Crippen LogP contribution in [0, 0.1) is 0 Å². The Morgan fingerprint density at radius 1 is 0.944 bits per heavy atom. The summed E-state index contributed by atoms with van der Waals surface area (Å²) in [4.78, 5) is 0. The SMILES string of the molecule is CC1(C)C(c2cccc(Br)c2)=Cc2ccccc21. The summed E-state index contributed by atoms with van der Waals surface area (Å²) in [7, 11) is 0. The van der Waals surface area contributed by atoms with Crippen molar-refractivity contribution >= 4 is 27.6 Å². The quantitative estimate of drug-likeness (QED) is 0.672. The molecule has 0 radical (unpaired) electrons. The third kappa shape index (κ3) is 1.74. The van der Waals surface area contributed by atoms with E-state index in [-0.39, 0.29) is 5.41 Å². The fraction of sp³-hybridized carbons (Fsp3) is 0.176. The van der Waals surface area contributed by atoms with Gasteiger partial charge >= 0.3 is 0 Å². The Balaban J connectivity index is 2.16. The Bertz CT molecular complexity index is 636. The van der Waals surface area contributed by atoms with E-state index in [0.29, 0.717) is 0 Å². The van der Waals surface area contributed by atoms with Crippen LogP contribution in [0.4, 0.5) is 0 Å². The predicted octanol–water partition coefficient (Wildman–Crippen LogP) is 5.28. The van der Waals surface area contributed by atoms with E-state index in [9.17, 15) is 0 Å². The number of hydrogen-bond acceptors (Lipinski definition) is 0. The lowest BCUT2D eigenvalue weighted by Crippen LogP contribution is -2.16. The van der Waals surface area contributed by atoms with Crippen molar-refractivity contribution in [2.24, 2.45) is 0 Å². The normalized spacial score (nSPS) is 16.3. The molecular formula is C17H15Br. The van der Waals surface area contributed by atoms with Crippen molar-refractivity contribution in [1.82, 2.24) is 0 Å². The number of hydrogen-bond donors (Lipinski definition) is 0. The van der Waals surface area contributed by atoms with Crippen LogP contribution in [-0.2, 0) is 5.41 Å². The van der Waals surface area contributed by atoms with E-state index in [1.807, 2.05) is 0 Å². The van der Waals surface area contributed by atoms with Gasteiger partial charge in [0, 0.05) is 9.89 Å². The van der Waals surface area contributed by atoms with Crippen molar-refractivity contribution in [2.45, 2.75) is 19.3 Å². The van der Waals surface area contributed by atoms with Gasteiger partial charge in [-0.2, -0.15) is 0 Å². The van der Waals surface area contributed by atoms with Gasteiger partial charge in [-0.05, 0) is 40.5 Å². The summed E-state index contributed by atoms with van der Waals surface area (Å²) < 4.78 is 1.13. The van der Waals surface area contributed by atoms with Crippen molar-refractivity contribution < 1.29 is 0 Å². The molecule has 0 saturated carbocycles. The maximum Gasteiger partial charge on any atom is 0.0181 e. The third-order valence-electron chi connectivity index (χ3n) is 3.74. The second-order valence-electron chi connectivity index (χ2n) is 5.28. The molecule has 0 aliphatic heterocycles. The highest BCUT2D eigenvalue weighted by Crippen LogP contribution is 2.46. The van der Waals surface area contributed by atoms with Crippen LogP contribution in [-0.4, -0.2) is 0 Å². The summed E-state index contributed by atoms with van der Waals surface area (Å²) in [6.45, 7) is 4.59. The standard InChI is InChI=1S/C17H15Br/c1-17(2)15-9-4-3-6-13(15)11-16(17)12-7-5-8-14(18)10-12/h3-11H,1-2H3. The first-order valence-electron chi connectivity index (χ1n) is 6.17. The highest BCUT2D eigenvalue weighted by atomic mass is 79.9. The van der Waals surface area contributed by atoms with Gasteiger partial charge in [-0.25, -0.2) is 0 Å². The molecule has 0 bridgehead atoms. The second-order valence-corrected chi connectivity index (χ2v) is 6.20. The molecule has 90 valence electrons. The van der Waals surface area contributed by atoms with Gasteiger partial charge < -0.3 is 0 Å². The lowest BCUT2D eigenvalue weighted by Gasteiger charge is -2.25. The summed E-state index contributed by atoms with van der Waals surface area (Å²) in [6.07, 6.45) is 2.32. The number of rotatable bonds is 1. The van der Waals surface area contributed by atoms with Crippen LogP contribution in [0.15, 0.2) is 53.0 Å². The number of fused-ring (bicyclic) bond motifs is 1. The molecule has 0 N–H and O–H groups in total. The first kappa shape index (κ1) is 11.7. The first-order chi connectivity index (χ1) is 8.59. The van der Waals surface area contributed by atoms with Crippen molar-refractivity contribution in [3.05, 3.63) is 69.7 Å². The molecule has 0 atom stereocenters. The Labute approximate surface area is 116 Å². The number of benzene rings is 2. The predicted molar refractivity (Wildman–Crippen MR) is 81.5 cm³/mol. The molecule has 0 nitrogen and oxygen atoms in total. The van der Waals surface area contributed by atoms with Gasteiger partial charge in [0.25, 0.3) is 0 Å². The van der Waals surface area contributed by atoms with Crippen LogP contribution in [0.1, 0.15) is 30.5 Å². The zero-order valence-electron chi connectivity index (χ0n) is 10.6. The van der Waals surface area contributed by atoms with Crippen molar-refractivity contribution in [3.63, 3.8) is 0 Å². The van der Waals surface area contributed by atoms with E-state index in [1.54, 1.807) is 0 Å². The van der Waals surface area contributed by atoms with Gasteiger partial charge in [-0.1, -0.05) is 66.2 Å². The molecule has 0 aromatic heterocycles. The maximum atomic E-state index is 3.55. The Morgan fingerprint density at radius 3 is 2.44 bits per heavy atom. The highest BCUT2D eigenvalue weighted by molar-refractivity contribution is 9.10. The third-order valence-corrected chi connectivity index (χ3v) is 4.24. The molecule has 0 heterocycles. The van der Waals surface area contributed by atoms with Gasteiger partial charge in [0.2, 0.25) is 0 Å². The van der Waals surface area contributed by atoms with Crippen LogP contribution in [0.5, 0.6) is 0 Å². The maximum absolute atomic E-state index is 3.55. The van der Waals surface area contributed by atoms with Gasteiger partial charge in [0.15, 0.2) is 0 Å². The average molecular weight is 299 g/mol. The van der Waals surface area contributed by atoms with Crippen LogP contribution < -0.4 is 0 Å². The summed E-state index contributed by atoms with van der Waals surface area (Å²) in [5, 5.41) is 0. The molecule has 0 amide bonds. The van der Waals surface area contributed by atoms with Gasteiger partial charge in [0.1, 0.15) is 0 Å². The molecule has 1 aliphatic carbocycles. The molecular weight excluding hydrogens is 284 g/mol. The summed E-state index contributed by atoms with van der Waals surface area (Å²) >= 11 is 3.55. The summed E-state index contributed by atoms with van der Waals surface area (Å²) in [5.41, 5.74) is 5.53. The first-order valence-corrected chi connectivity index (χ1v) is 6.96. The molecule has 3 rings (SSSR count). The van der Waals surface area contributed by atoms with Crippen LogP contribution >= 0.6 is 15.9 Å². The van der Waals surface area contributed by atoms with E-state index < -0.39 is 0 Å².